The molecule has 1 aromatic carbocycles. The Labute approximate surface area is 123 Å². The summed E-state index contributed by atoms with van der Waals surface area (Å²) in [4.78, 5) is 22.7. The third kappa shape index (κ3) is 4.94. The minimum atomic E-state index is -0.731. The van der Waals surface area contributed by atoms with Crippen LogP contribution in [-0.2, 0) is 4.79 Å². The molecule has 21 heavy (non-hydrogen) atoms. The van der Waals surface area contributed by atoms with Gasteiger partial charge in [0.05, 0.1) is 11.3 Å². The minimum absolute atomic E-state index is 0.0138. The Morgan fingerprint density at radius 3 is 2.62 bits per heavy atom. The lowest BCUT2D eigenvalue weighted by molar-refractivity contribution is -0.121. The number of carbonyl (C=O) groups is 2. The van der Waals surface area contributed by atoms with E-state index in [0.717, 1.165) is 12.5 Å². The third-order valence-electron chi connectivity index (χ3n) is 3.09. The van der Waals surface area contributed by atoms with Crippen molar-refractivity contribution in [1.82, 2.24) is 5.32 Å². The van der Waals surface area contributed by atoms with Crippen molar-refractivity contribution in [3.8, 4) is 0 Å². The standard InChI is InChI=1S/C14H21FN4O2/c1-3-8(2)19-13(20)4-5-18-12-6-9(14(17)21)11(16)7-10(12)15/h6-8,18H,3-5,16H2,1-2H3,(H2,17,21)(H,19,20). The van der Waals surface area contributed by atoms with Gasteiger partial charge in [0.25, 0.3) is 5.91 Å². The summed E-state index contributed by atoms with van der Waals surface area (Å²) >= 11 is 0. The first kappa shape index (κ1) is 16.7. The van der Waals surface area contributed by atoms with Crippen LogP contribution in [0.4, 0.5) is 15.8 Å². The number of anilines is 2. The Bertz CT molecular complexity index is 534. The number of carbonyl (C=O) groups excluding carboxylic acids is 2. The maximum absolute atomic E-state index is 13.7. The van der Waals surface area contributed by atoms with Crippen LogP contribution in [0.2, 0.25) is 0 Å². The first-order chi connectivity index (χ1) is 9.85. The van der Waals surface area contributed by atoms with E-state index in [4.69, 9.17) is 11.5 Å². The lowest BCUT2D eigenvalue weighted by Gasteiger charge is -2.13. The van der Waals surface area contributed by atoms with E-state index in [2.05, 4.69) is 10.6 Å². The Kier molecular flexibility index (Phi) is 5.95. The highest BCUT2D eigenvalue weighted by atomic mass is 19.1. The van der Waals surface area contributed by atoms with Crippen LogP contribution >= 0.6 is 0 Å². The zero-order chi connectivity index (χ0) is 16.0. The van der Waals surface area contributed by atoms with E-state index in [1.165, 1.54) is 6.07 Å². The van der Waals surface area contributed by atoms with Crippen LogP contribution in [0.1, 0.15) is 37.0 Å². The van der Waals surface area contributed by atoms with E-state index in [-0.39, 0.29) is 41.9 Å². The smallest absolute Gasteiger partial charge is 0.250 e. The molecule has 0 aliphatic heterocycles. The van der Waals surface area contributed by atoms with Gasteiger partial charge in [0.2, 0.25) is 5.91 Å². The van der Waals surface area contributed by atoms with Gasteiger partial charge in [0, 0.05) is 24.7 Å². The SMILES string of the molecule is CCC(C)NC(=O)CCNc1cc(C(N)=O)c(N)cc1F. The molecule has 0 radical (unpaired) electrons. The van der Waals surface area contributed by atoms with Gasteiger partial charge in [0.15, 0.2) is 0 Å². The van der Waals surface area contributed by atoms with Crippen molar-refractivity contribution in [2.75, 3.05) is 17.6 Å². The fourth-order valence-electron chi connectivity index (χ4n) is 1.70. The van der Waals surface area contributed by atoms with Gasteiger partial charge in [-0.05, 0) is 25.5 Å². The van der Waals surface area contributed by atoms with E-state index >= 15 is 0 Å². The average molecular weight is 296 g/mol. The maximum Gasteiger partial charge on any atom is 0.250 e. The number of nitrogens with one attached hydrogen (secondary N) is 2. The van der Waals surface area contributed by atoms with Gasteiger partial charge in [-0.2, -0.15) is 0 Å². The number of rotatable bonds is 7. The molecule has 2 amide bonds. The molecule has 0 saturated carbocycles. The average Bonchev–Trinajstić information content (AvgIpc) is 2.40. The van der Waals surface area contributed by atoms with Crippen molar-refractivity contribution < 1.29 is 14.0 Å². The molecule has 6 N–H and O–H groups in total. The number of nitrogen functional groups attached to an aromatic ring is 1. The molecule has 0 bridgehead atoms. The summed E-state index contributed by atoms with van der Waals surface area (Å²) in [6.45, 7) is 4.11. The number of halogens is 1. The van der Waals surface area contributed by atoms with E-state index in [1.807, 2.05) is 13.8 Å². The van der Waals surface area contributed by atoms with Gasteiger partial charge in [-0.1, -0.05) is 6.92 Å². The van der Waals surface area contributed by atoms with Crippen molar-refractivity contribution in [3.05, 3.63) is 23.5 Å². The molecule has 0 heterocycles. The fraction of sp³-hybridized carbons (Fsp3) is 0.429. The Hall–Kier alpha value is -2.31. The predicted octanol–water partition coefficient (Wildman–Crippen LogP) is 1.22. The number of amides is 2. The number of nitrogens with two attached hydrogens (primary N) is 2. The van der Waals surface area contributed by atoms with Gasteiger partial charge in [0.1, 0.15) is 5.82 Å². The van der Waals surface area contributed by atoms with E-state index in [1.54, 1.807) is 0 Å². The molecule has 116 valence electrons. The Balaban J connectivity index is 2.62. The summed E-state index contributed by atoms with van der Waals surface area (Å²) in [6, 6.07) is 2.38. The lowest BCUT2D eigenvalue weighted by Crippen LogP contribution is -2.33. The second kappa shape index (κ2) is 7.47. The normalized spacial score (nSPS) is 11.8. The van der Waals surface area contributed by atoms with Gasteiger partial charge in [-0.15, -0.1) is 0 Å². The second-order valence-electron chi connectivity index (χ2n) is 4.84. The van der Waals surface area contributed by atoms with Crippen molar-refractivity contribution in [2.45, 2.75) is 32.7 Å². The maximum atomic E-state index is 13.7. The molecule has 0 aliphatic rings. The van der Waals surface area contributed by atoms with Crippen LogP contribution in [0.25, 0.3) is 0 Å². The molecule has 0 saturated heterocycles. The molecule has 0 aromatic heterocycles. The molecule has 0 aliphatic carbocycles. The van der Waals surface area contributed by atoms with Crippen LogP contribution in [-0.4, -0.2) is 24.4 Å². The summed E-state index contributed by atoms with van der Waals surface area (Å²) in [5.41, 5.74) is 10.8. The van der Waals surface area contributed by atoms with Gasteiger partial charge >= 0.3 is 0 Å². The van der Waals surface area contributed by atoms with Crippen LogP contribution in [0.3, 0.4) is 0 Å². The van der Waals surface area contributed by atoms with Gasteiger partial charge < -0.3 is 22.1 Å². The highest BCUT2D eigenvalue weighted by molar-refractivity contribution is 5.99. The topological polar surface area (TPSA) is 110 Å². The minimum Gasteiger partial charge on any atom is -0.398 e. The first-order valence-corrected chi connectivity index (χ1v) is 6.77. The number of hydrogen-bond acceptors (Lipinski definition) is 4. The second-order valence-corrected chi connectivity index (χ2v) is 4.84. The molecule has 0 fully saturated rings. The summed E-state index contributed by atoms with van der Waals surface area (Å²) in [5.74, 6) is -1.45. The lowest BCUT2D eigenvalue weighted by atomic mass is 10.1. The summed E-state index contributed by atoms with van der Waals surface area (Å²) in [7, 11) is 0. The molecule has 1 unspecified atom stereocenters. The van der Waals surface area contributed by atoms with E-state index in [0.29, 0.717) is 0 Å². The summed E-state index contributed by atoms with van der Waals surface area (Å²) in [6.07, 6.45) is 1.04. The van der Waals surface area contributed by atoms with Gasteiger partial charge in [-0.3, -0.25) is 9.59 Å². The zero-order valence-corrected chi connectivity index (χ0v) is 12.2. The van der Waals surface area contributed by atoms with Crippen LogP contribution in [0.5, 0.6) is 0 Å². The number of benzene rings is 1. The molecule has 6 nitrogen and oxygen atoms in total. The Morgan fingerprint density at radius 1 is 1.38 bits per heavy atom. The van der Waals surface area contributed by atoms with Crippen molar-refractivity contribution >= 4 is 23.2 Å². The quantitative estimate of drug-likeness (QED) is 0.567. The highest BCUT2D eigenvalue weighted by Crippen LogP contribution is 2.21. The molecule has 1 atom stereocenters. The molecule has 1 aromatic rings. The monoisotopic (exact) mass is 296 g/mol. The van der Waals surface area contributed by atoms with Crippen LogP contribution in [0, 0.1) is 5.82 Å². The van der Waals surface area contributed by atoms with Crippen molar-refractivity contribution in [1.29, 1.82) is 0 Å². The van der Waals surface area contributed by atoms with Crippen molar-refractivity contribution in [3.63, 3.8) is 0 Å². The highest BCUT2D eigenvalue weighted by Gasteiger charge is 2.12. The van der Waals surface area contributed by atoms with Crippen molar-refractivity contribution in [2.24, 2.45) is 5.73 Å². The fourth-order valence-corrected chi connectivity index (χ4v) is 1.70. The predicted molar refractivity (Wildman–Crippen MR) is 80.3 cm³/mol. The summed E-state index contributed by atoms with van der Waals surface area (Å²) in [5, 5.41) is 5.56. The Morgan fingerprint density at radius 2 is 2.05 bits per heavy atom. The first-order valence-electron chi connectivity index (χ1n) is 6.77. The summed E-state index contributed by atoms with van der Waals surface area (Å²) < 4.78 is 13.7. The van der Waals surface area contributed by atoms with E-state index < -0.39 is 11.7 Å². The molecule has 1 rings (SSSR count). The largest absolute Gasteiger partial charge is 0.398 e. The number of hydrogen-bond donors (Lipinski definition) is 4. The van der Waals surface area contributed by atoms with E-state index in [9.17, 15) is 14.0 Å². The molecule has 0 spiro atoms. The van der Waals surface area contributed by atoms with Crippen LogP contribution in [0.15, 0.2) is 12.1 Å². The van der Waals surface area contributed by atoms with Crippen LogP contribution < -0.4 is 22.1 Å². The number of primary amides is 1. The molecular formula is C14H21FN4O2. The molecule has 7 heteroatoms. The molecular weight excluding hydrogens is 275 g/mol. The third-order valence-corrected chi connectivity index (χ3v) is 3.09. The van der Waals surface area contributed by atoms with Gasteiger partial charge in [-0.25, -0.2) is 4.39 Å². The zero-order valence-electron chi connectivity index (χ0n) is 12.2.